The molecule has 0 bridgehead atoms. The van der Waals surface area contributed by atoms with Crippen LogP contribution in [0.4, 0.5) is 10.5 Å². The molecule has 1 aliphatic heterocycles. The number of benzene rings is 1. The summed E-state index contributed by atoms with van der Waals surface area (Å²) in [7, 11) is 3.95. The predicted octanol–water partition coefficient (Wildman–Crippen LogP) is 3.40. The number of nitrogens with zero attached hydrogens (tertiary/aromatic N) is 4. The summed E-state index contributed by atoms with van der Waals surface area (Å²) in [6, 6.07) is 8.07. The highest BCUT2D eigenvalue weighted by Gasteiger charge is 2.17. The van der Waals surface area contributed by atoms with E-state index < -0.39 is 0 Å². The maximum absolute atomic E-state index is 11.9. The van der Waals surface area contributed by atoms with Gasteiger partial charge in [0.05, 0.1) is 11.9 Å². The van der Waals surface area contributed by atoms with E-state index >= 15 is 0 Å². The fourth-order valence-electron chi connectivity index (χ4n) is 3.17. The Bertz CT molecular complexity index is 697. The number of nitrogens with one attached hydrogen (secondary N) is 2. The van der Waals surface area contributed by atoms with E-state index in [1.54, 1.807) is 11.8 Å². The van der Waals surface area contributed by atoms with Gasteiger partial charge < -0.3 is 15.5 Å². The molecule has 28 heavy (non-hydrogen) atoms. The van der Waals surface area contributed by atoms with Crippen molar-refractivity contribution in [1.82, 2.24) is 15.2 Å². The Hall–Kier alpha value is -2.06. The van der Waals surface area contributed by atoms with E-state index in [0.29, 0.717) is 12.6 Å². The molecule has 0 saturated heterocycles. The summed E-state index contributed by atoms with van der Waals surface area (Å²) in [5.41, 5.74) is 1.82. The molecule has 2 amide bonds. The van der Waals surface area contributed by atoms with Crippen LogP contribution in [0.2, 0.25) is 0 Å². The Labute approximate surface area is 171 Å². The molecule has 2 aliphatic rings. The number of hydrogen-bond donors (Lipinski definition) is 2. The maximum Gasteiger partial charge on any atom is 0.319 e. The molecule has 2 N–H and O–H groups in total. The minimum Gasteiger partial charge on any atom is -0.337 e. The predicted molar refractivity (Wildman–Crippen MR) is 118 cm³/mol. The van der Waals surface area contributed by atoms with Gasteiger partial charge in [0.25, 0.3) is 0 Å². The van der Waals surface area contributed by atoms with E-state index in [1.165, 1.54) is 32.1 Å². The summed E-state index contributed by atoms with van der Waals surface area (Å²) in [4.78, 5) is 18.6. The van der Waals surface area contributed by atoms with Gasteiger partial charge in [-0.3, -0.25) is 4.99 Å². The minimum atomic E-state index is -0.188. The molecule has 3 rings (SSSR count). The van der Waals surface area contributed by atoms with Crippen LogP contribution in [-0.2, 0) is 0 Å². The lowest BCUT2D eigenvalue weighted by Crippen LogP contribution is -2.34. The molecule has 1 saturated carbocycles. The van der Waals surface area contributed by atoms with E-state index in [2.05, 4.69) is 15.7 Å². The van der Waals surface area contributed by atoms with Crippen LogP contribution >= 0.6 is 11.8 Å². The molecule has 0 spiro atoms. The second-order valence-electron chi connectivity index (χ2n) is 7.44. The number of rotatable bonds is 7. The highest BCUT2D eigenvalue weighted by Crippen LogP contribution is 2.24. The molecule has 8 heteroatoms. The first kappa shape index (κ1) is 20.7. The third-order valence-corrected chi connectivity index (χ3v) is 5.76. The lowest BCUT2D eigenvalue weighted by atomic mass is 9.96. The first-order valence-electron chi connectivity index (χ1n) is 9.91. The van der Waals surface area contributed by atoms with Crippen LogP contribution < -0.4 is 10.6 Å². The fraction of sp³-hybridized carbons (Fsp3) is 0.550. The van der Waals surface area contributed by atoms with E-state index in [4.69, 9.17) is 4.99 Å². The number of hydrogen-bond acceptors (Lipinski definition) is 5. The fourth-order valence-corrected chi connectivity index (χ4v) is 4.01. The minimum absolute atomic E-state index is 0.188. The number of hydrazone groups is 1. The van der Waals surface area contributed by atoms with Gasteiger partial charge in [0.1, 0.15) is 11.4 Å². The molecular weight excluding hydrogens is 372 g/mol. The van der Waals surface area contributed by atoms with Gasteiger partial charge in [-0.2, -0.15) is 5.10 Å². The van der Waals surface area contributed by atoms with Crippen LogP contribution in [0.1, 0.15) is 37.7 Å². The third kappa shape index (κ3) is 6.53. The number of anilines is 1. The molecule has 1 aliphatic carbocycles. The van der Waals surface area contributed by atoms with Crippen molar-refractivity contribution in [3.63, 3.8) is 0 Å². The van der Waals surface area contributed by atoms with Gasteiger partial charge in [-0.25, -0.2) is 9.80 Å². The monoisotopic (exact) mass is 402 g/mol. The summed E-state index contributed by atoms with van der Waals surface area (Å²) >= 11 is 1.70. The largest absolute Gasteiger partial charge is 0.337 e. The van der Waals surface area contributed by atoms with Gasteiger partial charge in [0.2, 0.25) is 0 Å². The van der Waals surface area contributed by atoms with E-state index in [1.807, 2.05) is 54.6 Å². The molecule has 0 unspecified atom stereocenters. The normalized spacial score (nSPS) is 18.0. The number of likely N-dealkylation sites (N-methyl/N-ethyl adjacent to an activating group) is 1. The van der Waals surface area contributed by atoms with Gasteiger partial charge in [-0.15, -0.1) is 0 Å². The van der Waals surface area contributed by atoms with Crippen LogP contribution in [0, 0.1) is 0 Å². The number of amides is 2. The highest BCUT2D eigenvalue weighted by molar-refractivity contribution is 8.14. The molecule has 1 aromatic carbocycles. The Kier molecular flexibility index (Phi) is 7.73. The van der Waals surface area contributed by atoms with Crippen molar-refractivity contribution in [3.8, 4) is 0 Å². The zero-order valence-electron chi connectivity index (χ0n) is 16.7. The highest BCUT2D eigenvalue weighted by atomic mass is 32.2. The van der Waals surface area contributed by atoms with Crippen molar-refractivity contribution >= 4 is 34.9 Å². The van der Waals surface area contributed by atoms with Gasteiger partial charge in [-0.1, -0.05) is 43.2 Å². The summed E-state index contributed by atoms with van der Waals surface area (Å²) < 4.78 is 0. The van der Waals surface area contributed by atoms with Crippen molar-refractivity contribution in [2.24, 2.45) is 10.1 Å². The zero-order chi connectivity index (χ0) is 19.8. The van der Waals surface area contributed by atoms with Gasteiger partial charge in [-0.05, 0) is 39.1 Å². The van der Waals surface area contributed by atoms with Crippen molar-refractivity contribution in [2.45, 2.75) is 38.1 Å². The molecular formula is C20H30N6OS. The summed E-state index contributed by atoms with van der Waals surface area (Å²) in [5, 5.41) is 13.2. The number of carbonyl (C=O) groups is 1. The zero-order valence-corrected chi connectivity index (χ0v) is 17.5. The molecule has 7 nitrogen and oxygen atoms in total. The third-order valence-electron chi connectivity index (χ3n) is 4.77. The Morgan fingerprint density at radius 3 is 2.75 bits per heavy atom. The van der Waals surface area contributed by atoms with Crippen molar-refractivity contribution in [3.05, 3.63) is 29.8 Å². The summed E-state index contributed by atoms with van der Waals surface area (Å²) in [6.07, 6.45) is 8.22. The molecule has 0 aromatic heterocycles. The molecule has 152 valence electrons. The second-order valence-corrected chi connectivity index (χ2v) is 8.37. The van der Waals surface area contributed by atoms with Gasteiger partial charge >= 0.3 is 6.03 Å². The van der Waals surface area contributed by atoms with Gasteiger partial charge in [0, 0.05) is 24.3 Å². The molecule has 0 radical (unpaired) electrons. The molecule has 1 aromatic rings. The standard InChI is InChI=1S/C20H30N6OS/c1-25(2)13-12-21-20(27)23-18-10-8-16(9-11-18)19-24-26(15-28-19)14-22-17-6-4-3-5-7-17/h8-11,14,17H,3-7,12-13,15H2,1-2H3,(H2,21,23,27). The van der Waals surface area contributed by atoms with Crippen LogP contribution in [-0.4, -0.2) is 66.4 Å². The SMILES string of the molecule is CN(C)CCNC(=O)Nc1ccc(C2=NN(C=NC3CCCCC3)CS2)cc1. The summed E-state index contributed by atoms with van der Waals surface area (Å²) in [6.45, 7) is 1.42. The topological polar surface area (TPSA) is 72.3 Å². The number of aliphatic imine (C=N–C) groups is 1. The van der Waals surface area contributed by atoms with E-state index in [9.17, 15) is 4.79 Å². The number of carbonyl (C=O) groups excluding carboxylic acids is 1. The van der Waals surface area contributed by atoms with Crippen molar-refractivity contribution < 1.29 is 4.79 Å². The van der Waals surface area contributed by atoms with Crippen LogP contribution in [0.3, 0.4) is 0 Å². The van der Waals surface area contributed by atoms with Gasteiger partial charge in [0.15, 0.2) is 0 Å². The quantitative estimate of drug-likeness (QED) is 0.542. The molecule has 0 atom stereocenters. The van der Waals surface area contributed by atoms with Crippen LogP contribution in [0.5, 0.6) is 0 Å². The average molecular weight is 403 g/mol. The maximum atomic E-state index is 11.9. The van der Waals surface area contributed by atoms with E-state index in [0.717, 1.165) is 28.7 Å². The van der Waals surface area contributed by atoms with Crippen LogP contribution in [0.25, 0.3) is 0 Å². The molecule has 1 fully saturated rings. The second kappa shape index (κ2) is 10.5. The summed E-state index contributed by atoms with van der Waals surface area (Å²) in [5.74, 6) is 0.792. The first-order chi connectivity index (χ1) is 13.6. The average Bonchev–Trinajstić information content (AvgIpc) is 3.16. The number of urea groups is 1. The Morgan fingerprint density at radius 2 is 2.04 bits per heavy atom. The Morgan fingerprint density at radius 1 is 1.29 bits per heavy atom. The van der Waals surface area contributed by atoms with E-state index in [-0.39, 0.29) is 6.03 Å². The van der Waals surface area contributed by atoms with Crippen molar-refractivity contribution in [2.75, 3.05) is 38.4 Å². The van der Waals surface area contributed by atoms with Crippen LogP contribution in [0.15, 0.2) is 34.4 Å². The lowest BCUT2D eigenvalue weighted by Gasteiger charge is -2.17. The lowest BCUT2D eigenvalue weighted by molar-refractivity contribution is 0.250. The molecule has 1 heterocycles. The first-order valence-corrected chi connectivity index (χ1v) is 10.9. The Balaban J connectivity index is 1.49. The van der Waals surface area contributed by atoms with Crippen molar-refractivity contribution in [1.29, 1.82) is 0 Å². The smallest absolute Gasteiger partial charge is 0.319 e. The number of thioether (sulfide) groups is 1.